The van der Waals surface area contributed by atoms with Gasteiger partial charge >= 0.3 is 0 Å². The Labute approximate surface area is 84.2 Å². The second-order valence-corrected chi connectivity index (χ2v) is 3.92. The van der Waals surface area contributed by atoms with Crippen molar-refractivity contribution in [2.45, 2.75) is 0 Å². The summed E-state index contributed by atoms with van der Waals surface area (Å²) in [6.07, 6.45) is 0. The summed E-state index contributed by atoms with van der Waals surface area (Å²) in [5, 5.41) is 12.1. The Morgan fingerprint density at radius 1 is 1.54 bits per heavy atom. The minimum atomic E-state index is 0.370. The van der Waals surface area contributed by atoms with Gasteiger partial charge in [0.05, 0.1) is 16.3 Å². The molecule has 0 aliphatic heterocycles. The van der Waals surface area contributed by atoms with Gasteiger partial charge in [0.25, 0.3) is 0 Å². The molecule has 2 aromatic rings. The van der Waals surface area contributed by atoms with Gasteiger partial charge < -0.3 is 5.73 Å². The van der Waals surface area contributed by atoms with Gasteiger partial charge in [0.1, 0.15) is 6.07 Å². The normalized spacial score (nSPS) is 10.2. The van der Waals surface area contributed by atoms with Crippen molar-refractivity contribution in [1.82, 2.24) is 0 Å². The minimum absolute atomic E-state index is 0.370. The van der Waals surface area contributed by atoms with E-state index in [2.05, 4.69) is 0 Å². The number of nitrogen functional groups attached to an aromatic ring is 1. The molecular weight excluding hydrogens is 204 g/mol. The third-order valence-corrected chi connectivity index (χ3v) is 3.13. The van der Waals surface area contributed by atoms with Crippen LogP contribution in [-0.2, 0) is 0 Å². The SMILES string of the molecule is N#Cc1cc2sccc2c(Cl)c1N. The first-order chi connectivity index (χ1) is 6.24. The third-order valence-electron chi connectivity index (χ3n) is 1.85. The van der Waals surface area contributed by atoms with Crippen LogP contribution in [0.1, 0.15) is 5.56 Å². The van der Waals surface area contributed by atoms with Crippen molar-refractivity contribution in [3.8, 4) is 6.07 Å². The van der Waals surface area contributed by atoms with Crippen LogP contribution >= 0.6 is 22.9 Å². The maximum atomic E-state index is 8.76. The highest BCUT2D eigenvalue weighted by atomic mass is 35.5. The average molecular weight is 209 g/mol. The van der Waals surface area contributed by atoms with Crippen molar-refractivity contribution < 1.29 is 0 Å². The standard InChI is InChI=1S/C9H5ClN2S/c10-8-6-1-2-13-7(6)3-5(4-11)9(8)12/h1-3H,12H2. The van der Waals surface area contributed by atoms with Crippen molar-refractivity contribution in [3.63, 3.8) is 0 Å². The molecule has 0 aliphatic carbocycles. The highest BCUT2D eigenvalue weighted by Gasteiger charge is 2.09. The van der Waals surface area contributed by atoms with E-state index in [1.165, 1.54) is 0 Å². The topological polar surface area (TPSA) is 49.8 Å². The molecule has 0 aliphatic rings. The smallest absolute Gasteiger partial charge is 0.101 e. The number of hydrogen-bond acceptors (Lipinski definition) is 3. The van der Waals surface area contributed by atoms with E-state index < -0.39 is 0 Å². The predicted molar refractivity (Wildman–Crippen MR) is 56.0 cm³/mol. The van der Waals surface area contributed by atoms with Gasteiger partial charge in [0, 0.05) is 10.1 Å². The highest BCUT2D eigenvalue weighted by Crippen LogP contribution is 2.34. The molecule has 64 valence electrons. The molecule has 0 bridgehead atoms. The van der Waals surface area contributed by atoms with Crippen molar-refractivity contribution in [2.75, 3.05) is 5.73 Å². The zero-order valence-electron chi connectivity index (χ0n) is 6.54. The van der Waals surface area contributed by atoms with Gasteiger partial charge in [-0.1, -0.05) is 11.6 Å². The van der Waals surface area contributed by atoms with Crippen molar-refractivity contribution in [3.05, 3.63) is 28.1 Å². The zero-order valence-corrected chi connectivity index (χ0v) is 8.12. The Bertz CT molecular complexity index is 510. The van der Waals surface area contributed by atoms with Gasteiger partial charge in [-0.25, -0.2) is 0 Å². The number of nitrogens with two attached hydrogens (primary N) is 1. The number of thiophene rings is 1. The first-order valence-electron chi connectivity index (χ1n) is 3.59. The molecule has 0 unspecified atom stereocenters. The number of benzene rings is 1. The van der Waals surface area contributed by atoms with Crippen LogP contribution in [-0.4, -0.2) is 0 Å². The molecule has 0 atom stereocenters. The van der Waals surface area contributed by atoms with Crippen molar-refractivity contribution >= 4 is 38.7 Å². The molecule has 0 spiro atoms. The number of nitriles is 1. The molecular formula is C9H5ClN2S. The Morgan fingerprint density at radius 3 is 3.00 bits per heavy atom. The zero-order chi connectivity index (χ0) is 9.42. The minimum Gasteiger partial charge on any atom is -0.396 e. The summed E-state index contributed by atoms with van der Waals surface area (Å²) in [4.78, 5) is 0. The number of nitrogens with zero attached hydrogens (tertiary/aromatic N) is 1. The van der Waals surface area contributed by atoms with Gasteiger partial charge in [-0.15, -0.1) is 11.3 Å². The molecule has 1 aromatic heterocycles. The van der Waals surface area contributed by atoms with E-state index >= 15 is 0 Å². The van der Waals surface area contributed by atoms with E-state index in [-0.39, 0.29) is 0 Å². The van der Waals surface area contributed by atoms with Crippen LogP contribution in [0.4, 0.5) is 5.69 Å². The average Bonchev–Trinajstić information content (AvgIpc) is 2.59. The maximum Gasteiger partial charge on any atom is 0.101 e. The number of hydrogen-bond donors (Lipinski definition) is 1. The number of fused-ring (bicyclic) bond motifs is 1. The summed E-state index contributed by atoms with van der Waals surface area (Å²) < 4.78 is 0.996. The van der Waals surface area contributed by atoms with E-state index in [1.54, 1.807) is 17.4 Å². The van der Waals surface area contributed by atoms with Crippen molar-refractivity contribution in [2.24, 2.45) is 0 Å². The van der Waals surface area contributed by atoms with Crippen LogP contribution in [0.5, 0.6) is 0 Å². The summed E-state index contributed by atoms with van der Waals surface area (Å²) in [5.74, 6) is 0. The fourth-order valence-corrected chi connectivity index (χ4v) is 2.34. The molecule has 4 heteroatoms. The third kappa shape index (κ3) is 1.15. The lowest BCUT2D eigenvalue weighted by Gasteiger charge is -2.01. The van der Waals surface area contributed by atoms with Gasteiger partial charge in [0.15, 0.2) is 0 Å². The van der Waals surface area contributed by atoms with Crippen LogP contribution in [0, 0.1) is 11.3 Å². The molecule has 1 heterocycles. The summed E-state index contributed by atoms with van der Waals surface area (Å²) in [6, 6.07) is 5.68. The second-order valence-electron chi connectivity index (χ2n) is 2.60. The lowest BCUT2D eigenvalue weighted by molar-refractivity contribution is 1.50. The molecule has 1 aromatic carbocycles. The summed E-state index contributed by atoms with van der Waals surface area (Å²) in [5.41, 5.74) is 6.48. The summed E-state index contributed by atoms with van der Waals surface area (Å²) >= 11 is 7.53. The Hall–Kier alpha value is -1.24. The Balaban J connectivity index is 2.94. The van der Waals surface area contributed by atoms with E-state index in [9.17, 15) is 0 Å². The molecule has 2 nitrogen and oxygen atoms in total. The quantitative estimate of drug-likeness (QED) is 0.677. The molecule has 2 N–H and O–H groups in total. The fraction of sp³-hybridized carbons (Fsp3) is 0. The van der Waals surface area contributed by atoms with Gasteiger partial charge in [0.2, 0.25) is 0 Å². The Morgan fingerprint density at radius 2 is 2.31 bits per heavy atom. The first kappa shape index (κ1) is 8.36. The van der Waals surface area contributed by atoms with Crippen LogP contribution in [0.3, 0.4) is 0 Å². The summed E-state index contributed by atoms with van der Waals surface area (Å²) in [6.45, 7) is 0. The molecule has 0 amide bonds. The van der Waals surface area contributed by atoms with E-state index in [4.69, 9.17) is 22.6 Å². The van der Waals surface area contributed by atoms with Crippen LogP contribution in [0.25, 0.3) is 10.1 Å². The first-order valence-corrected chi connectivity index (χ1v) is 4.85. The predicted octanol–water partition coefficient (Wildman–Crippen LogP) is 3.01. The molecule has 0 saturated heterocycles. The molecule has 2 rings (SSSR count). The monoisotopic (exact) mass is 208 g/mol. The van der Waals surface area contributed by atoms with Gasteiger partial charge in [-0.2, -0.15) is 5.26 Å². The summed E-state index contributed by atoms with van der Waals surface area (Å²) in [7, 11) is 0. The van der Waals surface area contributed by atoms with Crippen LogP contribution in [0.2, 0.25) is 5.02 Å². The van der Waals surface area contributed by atoms with Gasteiger partial charge in [-0.05, 0) is 17.5 Å². The molecule has 0 fully saturated rings. The fourth-order valence-electron chi connectivity index (χ4n) is 1.18. The largest absolute Gasteiger partial charge is 0.396 e. The van der Waals surface area contributed by atoms with Gasteiger partial charge in [-0.3, -0.25) is 0 Å². The maximum absolute atomic E-state index is 8.76. The Kier molecular flexibility index (Phi) is 1.87. The number of anilines is 1. The lowest BCUT2D eigenvalue weighted by atomic mass is 10.1. The number of rotatable bonds is 0. The van der Waals surface area contributed by atoms with E-state index in [0.29, 0.717) is 16.3 Å². The van der Waals surface area contributed by atoms with Crippen molar-refractivity contribution in [1.29, 1.82) is 5.26 Å². The molecule has 0 saturated carbocycles. The van der Waals surface area contributed by atoms with Crippen LogP contribution < -0.4 is 5.73 Å². The number of halogens is 1. The lowest BCUT2D eigenvalue weighted by Crippen LogP contribution is -1.91. The highest BCUT2D eigenvalue weighted by molar-refractivity contribution is 7.17. The van der Waals surface area contributed by atoms with E-state index in [0.717, 1.165) is 10.1 Å². The van der Waals surface area contributed by atoms with Crippen LogP contribution in [0.15, 0.2) is 17.5 Å². The van der Waals surface area contributed by atoms with E-state index in [1.807, 2.05) is 17.5 Å². The molecule has 0 radical (unpaired) electrons. The second kappa shape index (κ2) is 2.91. The molecule has 13 heavy (non-hydrogen) atoms.